The third-order valence-corrected chi connectivity index (χ3v) is 5.15. The van der Waals surface area contributed by atoms with Crippen LogP contribution in [0.1, 0.15) is 42.3 Å². The second-order valence-electron chi connectivity index (χ2n) is 7.31. The van der Waals surface area contributed by atoms with E-state index in [2.05, 4.69) is 5.32 Å². The van der Waals surface area contributed by atoms with E-state index in [0.29, 0.717) is 28.8 Å². The van der Waals surface area contributed by atoms with Crippen LogP contribution in [0.2, 0.25) is 0 Å². The Morgan fingerprint density at radius 2 is 1.69 bits per heavy atom. The fourth-order valence-corrected chi connectivity index (χ4v) is 3.61. The second kappa shape index (κ2) is 10.7. The van der Waals surface area contributed by atoms with Gasteiger partial charge in [0.25, 0.3) is 0 Å². The van der Waals surface area contributed by atoms with Gasteiger partial charge in [-0.3, -0.25) is 10.1 Å². The number of carbonyl (C=O) groups is 2. The summed E-state index contributed by atoms with van der Waals surface area (Å²) in [7, 11) is 0. The van der Waals surface area contributed by atoms with Gasteiger partial charge in [0.15, 0.2) is 11.9 Å². The van der Waals surface area contributed by atoms with E-state index in [0.717, 1.165) is 5.39 Å². The molecule has 3 aromatic rings. The molecule has 168 valence electrons. The van der Waals surface area contributed by atoms with Crippen LogP contribution < -0.4 is 5.32 Å². The molecule has 0 aliphatic carbocycles. The molecule has 2 atom stereocenters. The normalized spacial score (nSPS) is 12.8. The molecule has 3 N–H and O–H groups in total. The Kier molecular flexibility index (Phi) is 7.81. The molecule has 0 saturated heterocycles. The van der Waals surface area contributed by atoms with Crippen molar-refractivity contribution in [1.82, 2.24) is 0 Å². The molecule has 0 heterocycles. The number of rotatable bonds is 9. The van der Waals surface area contributed by atoms with Crippen molar-refractivity contribution in [2.45, 2.75) is 32.5 Å². The third kappa shape index (κ3) is 5.43. The maximum absolute atomic E-state index is 12.8. The number of aromatic hydroxyl groups is 1. The maximum atomic E-state index is 12.8. The minimum Gasteiger partial charge on any atom is -0.507 e. The lowest BCUT2D eigenvalue weighted by Crippen LogP contribution is -2.30. The fourth-order valence-electron chi connectivity index (χ4n) is 3.61. The highest BCUT2D eigenvalue weighted by molar-refractivity contribution is 5.95. The van der Waals surface area contributed by atoms with Crippen LogP contribution in [0, 0.1) is 0 Å². The summed E-state index contributed by atoms with van der Waals surface area (Å²) in [5, 5.41) is 23.8. The van der Waals surface area contributed by atoms with E-state index in [1.807, 2.05) is 25.1 Å². The van der Waals surface area contributed by atoms with Crippen molar-refractivity contribution in [2.24, 2.45) is 0 Å². The summed E-state index contributed by atoms with van der Waals surface area (Å²) in [6, 6.07) is 17.0. The molecule has 1 amide bonds. The molecule has 32 heavy (non-hydrogen) atoms. The molecule has 0 aliphatic heterocycles. The van der Waals surface area contributed by atoms with E-state index in [1.54, 1.807) is 42.5 Å². The molecular formula is C25H27NO6. The summed E-state index contributed by atoms with van der Waals surface area (Å²) in [6.07, 6.45) is -1.87. The molecule has 7 heteroatoms. The van der Waals surface area contributed by atoms with E-state index in [9.17, 15) is 19.8 Å². The highest BCUT2D eigenvalue weighted by Gasteiger charge is 2.29. The summed E-state index contributed by atoms with van der Waals surface area (Å²) < 4.78 is 11.6. The highest BCUT2D eigenvalue weighted by atomic mass is 16.6. The lowest BCUT2D eigenvalue weighted by molar-refractivity contribution is -0.0478. The Bertz CT molecular complexity index is 1070. The SMILES string of the molecule is CCO[C@@H](CCO)[C@@H](OC(=O)Nc1ccc(C(C)=O)cc1)c1ccc(O)c2ccccc12. The van der Waals surface area contributed by atoms with Crippen LogP contribution in [0.15, 0.2) is 60.7 Å². The predicted octanol–water partition coefficient (Wildman–Crippen LogP) is 4.83. The van der Waals surface area contributed by atoms with Gasteiger partial charge in [-0.05, 0) is 49.6 Å². The highest BCUT2D eigenvalue weighted by Crippen LogP contribution is 2.35. The Balaban J connectivity index is 1.92. The average Bonchev–Trinajstić information content (AvgIpc) is 2.78. The molecule has 3 aromatic carbocycles. The van der Waals surface area contributed by atoms with Crippen molar-refractivity contribution in [3.8, 4) is 5.75 Å². The van der Waals surface area contributed by atoms with Crippen LogP contribution in [0.25, 0.3) is 10.8 Å². The van der Waals surface area contributed by atoms with E-state index in [1.165, 1.54) is 6.92 Å². The number of aliphatic hydroxyl groups is 1. The van der Waals surface area contributed by atoms with Crippen molar-refractivity contribution < 1.29 is 29.3 Å². The molecule has 0 radical (unpaired) electrons. The Morgan fingerprint density at radius 3 is 2.31 bits per heavy atom. The minimum atomic E-state index is -0.830. The van der Waals surface area contributed by atoms with E-state index < -0.39 is 18.3 Å². The van der Waals surface area contributed by atoms with Gasteiger partial charge in [-0.15, -0.1) is 0 Å². The van der Waals surface area contributed by atoms with Gasteiger partial charge in [-0.25, -0.2) is 4.79 Å². The average molecular weight is 437 g/mol. The number of ether oxygens (including phenoxy) is 2. The number of hydrogen-bond donors (Lipinski definition) is 3. The van der Waals surface area contributed by atoms with Gasteiger partial charge in [-0.1, -0.05) is 30.3 Å². The number of carbonyl (C=O) groups excluding carboxylic acids is 2. The largest absolute Gasteiger partial charge is 0.507 e. The van der Waals surface area contributed by atoms with Crippen molar-refractivity contribution in [2.75, 3.05) is 18.5 Å². The number of phenolic OH excluding ortho intramolecular Hbond substituents is 1. The molecule has 0 spiro atoms. The van der Waals surface area contributed by atoms with Crippen molar-refractivity contribution in [3.63, 3.8) is 0 Å². The number of Topliss-reactive ketones (excluding diaryl/α,β-unsaturated/α-hetero) is 1. The van der Waals surface area contributed by atoms with Gasteiger partial charge in [0, 0.05) is 41.8 Å². The smallest absolute Gasteiger partial charge is 0.412 e. The standard InChI is InChI=1S/C25H27NO6/c1-3-31-23(14-15-27)24(21-12-13-22(29)20-7-5-4-6-19(20)21)32-25(30)26-18-10-8-17(9-11-18)16(2)28/h4-13,23-24,27,29H,3,14-15H2,1-2H3,(H,26,30)/t23-,24-/m0/s1. The molecule has 3 rings (SSSR count). The first-order valence-corrected chi connectivity index (χ1v) is 10.5. The number of amides is 1. The number of hydrogen-bond acceptors (Lipinski definition) is 6. The van der Waals surface area contributed by atoms with E-state index >= 15 is 0 Å². The Hall–Kier alpha value is -3.42. The summed E-state index contributed by atoms with van der Waals surface area (Å²) in [5.41, 5.74) is 1.67. The minimum absolute atomic E-state index is 0.0676. The van der Waals surface area contributed by atoms with Gasteiger partial charge >= 0.3 is 6.09 Å². The van der Waals surface area contributed by atoms with Crippen LogP contribution in [-0.4, -0.2) is 41.4 Å². The fraction of sp³-hybridized carbons (Fsp3) is 0.280. The van der Waals surface area contributed by atoms with Gasteiger partial charge in [0.2, 0.25) is 0 Å². The Labute approximate surface area is 186 Å². The monoisotopic (exact) mass is 437 g/mol. The number of anilines is 1. The van der Waals surface area contributed by atoms with E-state index in [-0.39, 0.29) is 24.6 Å². The number of fused-ring (bicyclic) bond motifs is 1. The summed E-state index contributed by atoms with van der Waals surface area (Å²) in [6.45, 7) is 3.52. The van der Waals surface area contributed by atoms with Crippen molar-refractivity contribution >= 4 is 28.3 Å². The molecule has 0 bridgehead atoms. The predicted molar refractivity (Wildman–Crippen MR) is 122 cm³/mol. The number of nitrogens with one attached hydrogen (secondary N) is 1. The zero-order valence-electron chi connectivity index (χ0n) is 18.1. The van der Waals surface area contributed by atoms with Crippen LogP contribution >= 0.6 is 0 Å². The van der Waals surface area contributed by atoms with Gasteiger partial charge in [0.05, 0.1) is 0 Å². The molecular weight excluding hydrogens is 410 g/mol. The van der Waals surface area contributed by atoms with Gasteiger partial charge in [-0.2, -0.15) is 0 Å². The molecule has 0 saturated carbocycles. The van der Waals surface area contributed by atoms with Crippen molar-refractivity contribution in [3.05, 3.63) is 71.8 Å². The second-order valence-corrected chi connectivity index (χ2v) is 7.31. The first kappa shape index (κ1) is 23.2. The van der Waals surface area contributed by atoms with Crippen LogP contribution in [0.3, 0.4) is 0 Å². The number of ketones is 1. The number of benzene rings is 3. The maximum Gasteiger partial charge on any atom is 0.412 e. The lowest BCUT2D eigenvalue weighted by Gasteiger charge is -2.28. The summed E-state index contributed by atoms with van der Waals surface area (Å²) >= 11 is 0. The quantitative estimate of drug-likeness (QED) is 0.414. The topological polar surface area (TPSA) is 105 Å². The number of phenols is 1. The van der Waals surface area contributed by atoms with Crippen LogP contribution in [0.5, 0.6) is 5.75 Å². The first-order chi connectivity index (χ1) is 15.4. The zero-order valence-corrected chi connectivity index (χ0v) is 18.1. The van der Waals surface area contributed by atoms with Gasteiger partial charge < -0.3 is 19.7 Å². The van der Waals surface area contributed by atoms with Crippen LogP contribution in [-0.2, 0) is 9.47 Å². The summed E-state index contributed by atoms with van der Waals surface area (Å²) in [5.74, 6) is 0.0511. The lowest BCUT2D eigenvalue weighted by atomic mass is 9.95. The molecule has 0 unspecified atom stereocenters. The summed E-state index contributed by atoms with van der Waals surface area (Å²) in [4.78, 5) is 24.2. The first-order valence-electron chi connectivity index (χ1n) is 10.5. The third-order valence-electron chi connectivity index (χ3n) is 5.15. The van der Waals surface area contributed by atoms with Gasteiger partial charge in [0.1, 0.15) is 11.9 Å². The molecule has 7 nitrogen and oxygen atoms in total. The number of aliphatic hydroxyl groups excluding tert-OH is 1. The Morgan fingerprint density at radius 1 is 1.00 bits per heavy atom. The molecule has 0 fully saturated rings. The molecule has 0 aromatic heterocycles. The van der Waals surface area contributed by atoms with Crippen LogP contribution in [0.4, 0.5) is 10.5 Å². The molecule has 0 aliphatic rings. The zero-order chi connectivity index (χ0) is 23.1. The van der Waals surface area contributed by atoms with Crippen molar-refractivity contribution in [1.29, 1.82) is 0 Å². The van der Waals surface area contributed by atoms with E-state index in [4.69, 9.17) is 9.47 Å².